The molecule has 0 aliphatic carbocycles. The summed E-state index contributed by atoms with van der Waals surface area (Å²) < 4.78 is 16.0. The number of carboxylic acids is 1. The molecule has 0 amide bonds. The fourth-order valence-corrected chi connectivity index (χ4v) is 3.30. The van der Waals surface area contributed by atoms with Crippen LogP contribution < -0.4 is 4.74 Å². The molecule has 2 aliphatic rings. The van der Waals surface area contributed by atoms with Gasteiger partial charge in [-0.3, -0.25) is 9.59 Å². The van der Waals surface area contributed by atoms with E-state index in [0.717, 1.165) is 5.56 Å². The highest BCUT2D eigenvalue weighted by atomic mass is 16.5. The summed E-state index contributed by atoms with van der Waals surface area (Å²) in [6.45, 7) is 0.0935. The summed E-state index contributed by atoms with van der Waals surface area (Å²) in [6.07, 6.45) is 0.718. The number of aliphatic carboxylic acids is 1. The zero-order valence-electron chi connectivity index (χ0n) is 12.2. The van der Waals surface area contributed by atoms with Crippen molar-refractivity contribution < 1.29 is 28.9 Å². The van der Waals surface area contributed by atoms with Gasteiger partial charge in [0.25, 0.3) is 0 Å². The van der Waals surface area contributed by atoms with Gasteiger partial charge in [-0.2, -0.15) is 0 Å². The fraction of sp³-hybridized carbons (Fsp3) is 0.500. The Morgan fingerprint density at radius 3 is 2.68 bits per heavy atom. The van der Waals surface area contributed by atoms with E-state index in [2.05, 4.69) is 0 Å². The molecule has 0 aromatic heterocycles. The molecule has 2 aliphatic heterocycles. The van der Waals surface area contributed by atoms with Gasteiger partial charge in [-0.25, -0.2) is 0 Å². The minimum absolute atomic E-state index is 0.0935. The van der Waals surface area contributed by atoms with Crippen LogP contribution in [0.4, 0.5) is 0 Å². The molecule has 4 atom stereocenters. The summed E-state index contributed by atoms with van der Waals surface area (Å²) in [6, 6.07) is 7.21. The van der Waals surface area contributed by atoms with Gasteiger partial charge >= 0.3 is 11.9 Å². The van der Waals surface area contributed by atoms with Gasteiger partial charge in [0.05, 0.1) is 31.2 Å². The van der Waals surface area contributed by atoms with E-state index < -0.39 is 23.8 Å². The van der Waals surface area contributed by atoms with Crippen molar-refractivity contribution in [1.29, 1.82) is 0 Å². The first-order valence-electron chi connectivity index (χ1n) is 7.28. The number of ether oxygens (including phenoxy) is 3. The predicted octanol–water partition coefficient (Wildman–Crippen LogP) is 1.62. The minimum Gasteiger partial charge on any atom is -0.497 e. The average Bonchev–Trinajstić information content (AvgIpc) is 3.13. The molecule has 1 aromatic rings. The molecule has 1 aromatic carbocycles. The molecule has 3 rings (SSSR count). The van der Waals surface area contributed by atoms with E-state index in [4.69, 9.17) is 14.2 Å². The number of benzene rings is 1. The lowest BCUT2D eigenvalue weighted by atomic mass is 9.79. The Balaban J connectivity index is 1.65. The van der Waals surface area contributed by atoms with Crippen molar-refractivity contribution in [3.05, 3.63) is 29.8 Å². The van der Waals surface area contributed by atoms with E-state index in [9.17, 15) is 14.7 Å². The number of methoxy groups -OCH3 is 1. The highest BCUT2D eigenvalue weighted by Crippen LogP contribution is 2.44. The molecule has 118 valence electrons. The molecule has 0 saturated carbocycles. The quantitative estimate of drug-likeness (QED) is 0.832. The van der Waals surface area contributed by atoms with E-state index in [1.54, 1.807) is 19.2 Å². The molecular formula is C16H18O6. The first-order valence-corrected chi connectivity index (χ1v) is 7.28. The van der Waals surface area contributed by atoms with Gasteiger partial charge in [0, 0.05) is 0 Å². The number of rotatable bonds is 5. The van der Waals surface area contributed by atoms with E-state index in [1.807, 2.05) is 12.1 Å². The molecule has 0 spiro atoms. The van der Waals surface area contributed by atoms with Gasteiger partial charge in [0.15, 0.2) is 0 Å². The number of hydrogen-bond donors (Lipinski definition) is 1. The van der Waals surface area contributed by atoms with Crippen LogP contribution in [0.5, 0.6) is 5.75 Å². The number of carbonyl (C=O) groups excluding carboxylic acids is 1. The largest absolute Gasteiger partial charge is 0.497 e. The van der Waals surface area contributed by atoms with Gasteiger partial charge < -0.3 is 19.3 Å². The van der Waals surface area contributed by atoms with Crippen LogP contribution in [0.1, 0.15) is 18.4 Å². The molecule has 22 heavy (non-hydrogen) atoms. The maximum absolute atomic E-state index is 12.3. The van der Waals surface area contributed by atoms with Crippen molar-refractivity contribution in [2.45, 2.75) is 31.7 Å². The summed E-state index contributed by atoms with van der Waals surface area (Å²) in [5.74, 6) is -2.31. The third-order valence-corrected chi connectivity index (χ3v) is 4.35. The normalized spacial score (nSPS) is 29.3. The standard InChI is InChI=1S/C16H18O6/c1-20-10-4-2-3-9(7-10)8-21-16(19)14-12-6-5-11(22-12)13(14)15(17)18/h2-4,7,11-14H,5-6,8H2,1H3,(H,17,18). The predicted molar refractivity (Wildman–Crippen MR) is 75.3 cm³/mol. The second-order valence-corrected chi connectivity index (χ2v) is 5.64. The highest BCUT2D eigenvalue weighted by Gasteiger charge is 2.56. The summed E-state index contributed by atoms with van der Waals surface area (Å²) in [5.41, 5.74) is 0.795. The monoisotopic (exact) mass is 306 g/mol. The van der Waals surface area contributed by atoms with Crippen LogP contribution in [0.25, 0.3) is 0 Å². The van der Waals surface area contributed by atoms with Crippen LogP contribution in [0.3, 0.4) is 0 Å². The van der Waals surface area contributed by atoms with E-state index in [-0.39, 0.29) is 18.8 Å². The minimum atomic E-state index is -0.990. The van der Waals surface area contributed by atoms with Crippen LogP contribution in [-0.2, 0) is 25.7 Å². The molecule has 2 fully saturated rings. The first kappa shape index (κ1) is 14.8. The van der Waals surface area contributed by atoms with E-state index in [0.29, 0.717) is 18.6 Å². The van der Waals surface area contributed by atoms with Crippen LogP contribution in [0.2, 0.25) is 0 Å². The summed E-state index contributed by atoms with van der Waals surface area (Å²) >= 11 is 0. The van der Waals surface area contributed by atoms with Gasteiger partial charge in [0.1, 0.15) is 12.4 Å². The second kappa shape index (κ2) is 5.96. The molecule has 0 radical (unpaired) electrons. The first-order chi connectivity index (χ1) is 10.6. The Labute approximate surface area is 128 Å². The maximum atomic E-state index is 12.3. The second-order valence-electron chi connectivity index (χ2n) is 5.64. The lowest BCUT2D eigenvalue weighted by molar-refractivity contribution is -0.159. The smallest absolute Gasteiger partial charge is 0.312 e. The fourth-order valence-electron chi connectivity index (χ4n) is 3.30. The Morgan fingerprint density at radius 1 is 1.27 bits per heavy atom. The zero-order chi connectivity index (χ0) is 15.7. The third-order valence-electron chi connectivity index (χ3n) is 4.35. The Hall–Kier alpha value is -2.08. The SMILES string of the molecule is COc1cccc(COC(=O)C2C3CCC(O3)C2C(=O)O)c1. The summed E-state index contributed by atoms with van der Waals surface area (Å²) in [4.78, 5) is 23.6. The summed E-state index contributed by atoms with van der Waals surface area (Å²) in [7, 11) is 1.56. The van der Waals surface area contributed by atoms with Gasteiger partial charge in [-0.05, 0) is 30.5 Å². The molecule has 4 unspecified atom stereocenters. The molecule has 6 nitrogen and oxygen atoms in total. The molecule has 1 N–H and O–H groups in total. The number of esters is 1. The topological polar surface area (TPSA) is 82.1 Å². The number of hydrogen-bond acceptors (Lipinski definition) is 5. The lowest BCUT2D eigenvalue weighted by Gasteiger charge is -2.23. The van der Waals surface area contributed by atoms with Crippen molar-refractivity contribution in [3.63, 3.8) is 0 Å². The van der Waals surface area contributed by atoms with Gasteiger partial charge in [-0.15, -0.1) is 0 Å². The molecule has 2 heterocycles. The van der Waals surface area contributed by atoms with Crippen LogP contribution >= 0.6 is 0 Å². The highest BCUT2D eigenvalue weighted by molar-refractivity contribution is 5.83. The Bertz CT molecular complexity index is 584. The molecular weight excluding hydrogens is 288 g/mol. The van der Waals surface area contributed by atoms with Crippen LogP contribution in [0, 0.1) is 11.8 Å². The molecule has 2 saturated heterocycles. The van der Waals surface area contributed by atoms with Crippen molar-refractivity contribution >= 4 is 11.9 Å². The van der Waals surface area contributed by atoms with E-state index in [1.165, 1.54) is 0 Å². The average molecular weight is 306 g/mol. The number of carbonyl (C=O) groups is 2. The number of carboxylic acid groups (broad SMARTS) is 1. The maximum Gasteiger partial charge on any atom is 0.312 e. The van der Waals surface area contributed by atoms with Crippen LogP contribution in [-0.4, -0.2) is 36.4 Å². The van der Waals surface area contributed by atoms with Crippen molar-refractivity contribution in [3.8, 4) is 5.75 Å². The van der Waals surface area contributed by atoms with Crippen molar-refractivity contribution in [2.24, 2.45) is 11.8 Å². The van der Waals surface area contributed by atoms with Crippen molar-refractivity contribution in [2.75, 3.05) is 7.11 Å². The summed E-state index contributed by atoms with van der Waals surface area (Å²) in [5, 5.41) is 9.30. The van der Waals surface area contributed by atoms with Gasteiger partial charge in [-0.1, -0.05) is 12.1 Å². The lowest BCUT2D eigenvalue weighted by Crippen LogP contribution is -2.39. The zero-order valence-corrected chi connectivity index (χ0v) is 12.2. The van der Waals surface area contributed by atoms with E-state index >= 15 is 0 Å². The van der Waals surface area contributed by atoms with Crippen LogP contribution in [0.15, 0.2) is 24.3 Å². The molecule has 6 heteroatoms. The van der Waals surface area contributed by atoms with Crippen molar-refractivity contribution in [1.82, 2.24) is 0 Å². The Kier molecular flexibility index (Phi) is 4.02. The number of fused-ring (bicyclic) bond motifs is 2. The third kappa shape index (κ3) is 2.66. The molecule has 2 bridgehead atoms. The van der Waals surface area contributed by atoms with Gasteiger partial charge in [0.2, 0.25) is 0 Å². The Morgan fingerprint density at radius 2 is 2.00 bits per heavy atom.